The molecule has 2 aliphatic heterocycles. The number of hydrogen-bond acceptors (Lipinski definition) is 9. The molecule has 0 amide bonds. The fraction of sp³-hybridized carbons (Fsp3) is 0.435. The van der Waals surface area contributed by atoms with Crippen LogP contribution in [0.2, 0.25) is 0 Å². The maximum absolute atomic E-state index is 15.1. The van der Waals surface area contributed by atoms with Crippen molar-refractivity contribution in [3.05, 3.63) is 36.4 Å². The minimum absolute atomic E-state index is 0.00256. The van der Waals surface area contributed by atoms with Crippen molar-refractivity contribution < 1.29 is 18.6 Å². The Hall–Kier alpha value is -3.47. The van der Waals surface area contributed by atoms with Gasteiger partial charge in [-0.3, -0.25) is 0 Å². The number of nitrogens with one attached hydrogen (secondary N) is 1. The van der Waals surface area contributed by atoms with Gasteiger partial charge in [0.2, 0.25) is 0 Å². The van der Waals surface area contributed by atoms with E-state index in [1.165, 1.54) is 19.4 Å². The molecule has 2 saturated heterocycles. The van der Waals surface area contributed by atoms with Gasteiger partial charge in [0.15, 0.2) is 17.5 Å². The lowest BCUT2D eigenvalue weighted by atomic mass is 9.82. The number of aromatic hydroxyl groups is 1. The van der Waals surface area contributed by atoms with E-state index in [-0.39, 0.29) is 35.4 Å². The van der Waals surface area contributed by atoms with E-state index >= 15 is 4.39 Å². The highest BCUT2D eigenvalue weighted by Crippen LogP contribution is 2.34. The number of methoxy groups -OCH3 is 1. The van der Waals surface area contributed by atoms with Crippen LogP contribution >= 0.6 is 0 Å². The van der Waals surface area contributed by atoms with E-state index in [1.807, 2.05) is 0 Å². The third-order valence-electron chi connectivity index (χ3n) is 6.62. The summed E-state index contributed by atoms with van der Waals surface area (Å²) < 4.78 is 34.2. The standard InChI is InChI=1S/C23H25F2N7O2/c1-32(17-9-13-4-3-5-16(28-13)20(17)25)19-11-26-22(31-30-19)14-7-6-12(8-18(14)33)21-15(24)10-27-23(29-21)34-2/h6-8,10-11,13,16-17,20,28,33H,3-5,9H2,1-2H3/t13-,16-,17-,20+/m1/s1. The zero-order chi connectivity index (χ0) is 23.8. The summed E-state index contributed by atoms with van der Waals surface area (Å²) >= 11 is 0. The molecule has 9 nitrogen and oxygen atoms in total. The first kappa shape index (κ1) is 22.3. The Morgan fingerprint density at radius 2 is 2.03 bits per heavy atom. The average molecular weight is 469 g/mol. The zero-order valence-corrected chi connectivity index (χ0v) is 18.8. The van der Waals surface area contributed by atoms with Crippen LogP contribution in [0, 0.1) is 5.82 Å². The highest BCUT2D eigenvalue weighted by Gasteiger charge is 2.42. The molecule has 5 rings (SSSR count). The van der Waals surface area contributed by atoms with E-state index in [0.717, 1.165) is 25.5 Å². The van der Waals surface area contributed by atoms with E-state index in [0.29, 0.717) is 29.4 Å². The molecule has 2 aliphatic rings. The van der Waals surface area contributed by atoms with Crippen molar-refractivity contribution in [1.82, 2.24) is 30.5 Å². The van der Waals surface area contributed by atoms with Crippen LogP contribution in [-0.2, 0) is 0 Å². The van der Waals surface area contributed by atoms with Gasteiger partial charge in [-0.1, -0.05) is 12.5 Å². The lowest BCUT2D eigenvalue weighted by Gasteiger charge is -2.45. The predicted octanol–water partition coefficient (Wildman–Crippen LogP) is 2.91. The number of benzene rings is 1. The molecular formula is C23H25F2N7O2. The minimum atomic E-state index is -1.000. The van der Waals surface area contributed by atoms with Gasteiger partial charge in [0.1, 0.15) is 17.6 Å². The van der Waals surface area contributed by atoms with Crippen molar-refractivity contribution >= 4 is 5.82 Å². The van der Waals surface area contributed by atoms with E-state index in [9.17, 15) is 9.50 Å². The molecule has 2 bridgehead atoms. The van der Waals surface area contributed by atoms with Crippen molar-refractivity contribution in [2.75, 3.05) is 19.1 Å². The molecule has 4 heterocycles. The molecular weight excluding hydrogens is 444 g/mol. The van der Waals surface area contributed by atoms with Crippen molar-refractivity contribution in [2.24, 2.45) is 0 Å². The van der Waals surface area contributed by atoms with Gasteiger partial charge in [-0.05, 0) is 31.4 Å². The topological polar surface area (TPSA) is 109 Å². The van der Waals surface area contributed by atoms with Crippen LogP contribution in [0.4, 0.5) is 14.6 Å². The summed E-state index contributed by atoms with van der Waals surface area (Å²) in [5.41, 5.74) is 0.665. The number of alkyl halides is 1. The number of phenolic OH excluding ortho intramolecular Hbond substituents is 1. The van der Waals surface area contributed by atoms with Gasteiger partial charge in [0.05, 0.1) is 31.1 Å². The first-order valence-electron chi connectivity index (χ1n) is 11.2. The Morgan fingerprint density at radius 3 is 2.76 bits per heavy atom. The van der Waals surface area contributed by atoms with E-state index in [1.54, 1.807) is 24.1 Å². The average Bonchev–Trinajstić information content (AvgIpc) is 2.86. The van der Waals surface area contributed by atoms with Gasteiger partial charge in [0, 0.05) is 24.7 Å². The number of piperidine rings is 2. The first-order chi connectivity index (χ1) is 16.4. The Balaban J connectivity index is 1.36. The fourth-order valence-corrected chi connectivity index (χ4v) is 4.80. The Bertz CT molecular complexity index is 1180. The van der Waals surface area contributed by atoms with Crippen LogP contribution in [0.1, 0.15) is 25.7 Å². The van der Waals surface area contributed by atoms with E-state index in [2.05, 4.69) is 30.5 Å². The summed E-state index contributed by atoms with van der Waals surface area (Å²) in [7, 11) is 3.19. The molecule has 0 spiro atoms. The molecule has 1 aromatic carbocycles. The molecule has 34 heavy (non-hydrogen) atoms. The molecule has 2 aromatic heterocycles. The van der Waals surface area contributed by atoms with Crippen LogP contribution in [-0.4, -0.2) is 68.7 Å². The first-order valence-corrected chi connectivity index (χ1v) is 11.2. The summed E-state index contributed by atoms with van der Waals surface area (Å²) in [6.07, 6.45) is 5.17. The number of fused-ring (bicyclic) bond motifs is 2. The van der Waals surface area contributed by atoms with Gasteiger partial charge in [0.25, 0.3) is 0 Å². The van der Waals surface area contributed by atoms with Crippen molar-refractivity contribution in [2.45, 2.75) is 50.0 Å². The van der Waals surface area contributed by atoms with Gasteiger partial charge in [-0.25, -0.2) is 18.7 Å². The molecule has 3 aromatic rings. The molecule has 4 atom stereocenters. The summed E-state index contributed by atoms with van der Waals surface area (Å²) in [6, 6.07) is 4.41. The van der Waals surface area contributed by atoms with Crippen molar-refractivity contribution in [3.8, 4) is 34.4 Å². The van der Waals surface area contributed by atoms with Gasteiger partial charge >= 0.3 is 6.01 Å². The summed E-state index contributed by atoms with van der Waals surface area (Å²) in [6.45, 7) is 0. The van der Waals surface area contributed by atoms with Crippen molar-refractivity contribution in [3.63, 3.8) is 0 Å². The van der Waals surface area contributed by atoms with Crippen LogP contribution in [0.25, 0.3) is 22.6 Å². The smallest absolute Gasteiger partial charge is 0.316 e. The van der Waals surface area contributed by atoms with Crippen LogP contribution in [0.3, 0.4) is 0 Å². The third kappa shape index (κ3) is 4.11. The zero-order valence-electron chi connectivity index (χ0n) is 18.8. The predicted molar refractivity (Wildman–Crippen MR) is 121 cm³/mol. The number of nitrogens with zero attached hydrogens (tertiary/aromatic N) is 6. The van der Waals surface area contributed by atoms with Gasteiger partial charge in [-0.2, -0.15) is 4.98 Å². The molecule has 2 fully saturated rings. The second kappa shape index (κ2) is 9.05. The fourth-order valence-electron chi connectivity index (χ4n) is 4.80. The molecule has 0 unspecified atom stereocenters. The second-order valence-corrected chi connectivity index (χ2v) is 8.68. The number of anilines is 1. The lowest BCUT2D eigenvalue weighted by Crippen LogP contribution is -2.61. The normalized spacial score (nSPS) is 24.0. The van der Waals surface area contributed by atoms with Crippen LogP contribution < -0.4 is 15.0 Å². The van der Waals surface area contributed by atoms with E-state index < -0.39 is 12.0 Å². The van der Waals surface area contributed by atoms with Gasteiger partial charge in [-0.15, -0.1) is 10.2 Å². The molecule has 0 radical (unpaired) electrons. The van der Waals surface area contributed by atoms with Crippen LogP contribution in [0.5, 0.6) is 11.8 Å². The Morgan fingerprint density at radius 1 is 1.18 bits per heavy atom. The molecule has 2 N–H and O–H groups in total. The quantitative estimate of drug-likeness (QED) is 0.583. The molecule has 11 heteroatoms. The summed E-state index contributed by atoms with van der Waals surface area (Å²) in [5.74, 6) is -0.151. The highest BCUT2D eigenvalue weighted by atomic mass is 19.1. The monoisotopic (exact) mass is 469 g/mol. The summed E-state index contributed by atoms with van der Waals surface area (Å²) in [4.78, 5) is 13.9. The number of ether oxygens (including phenoxy) is 1. The highest BCUT2D eigenvalue weighted by molar-refractivity contribution is 5.71. The maximum atomic E-state index is 15.1. The lowest BCUT2D eigenvalue weighted by molar-refractivity contribution is 0.107. The Kier molecular flexibility index (Phi) is 5.94. The molecule has 178 valence electrons. The number of phenols is 1. The second-order valence-electron chi connectivity index (χ2n) is 8.68. The number of halogens is 2. The number of aromatic nitrogens is 5. The third-order valence-corrected chi connectivity index (χ3v) is 6.62. The van der Waals surface area contributed by atoms with Gasteiger partial charge < -0.3 is 20.1 Å². The minimum Gasteiger partial charge on any atom is -0.507 e. The number of hydrogen-bond donors (Lipinski definition) is 2. The molecule has 0 saturated carbocycles. The Labute approximate surface area is 195 Å². The van der Waals surface area contributed by atoms with Crippen LogP contribution in [0.15, 0.2) is 30.6 Å². The van der Waals surface area contributed by atoms with Crippen molar-refractivity contribution in [1.29, 1.82) is 0 Å². The summed E-state index contributed by atoms with van der Waals surface area (Å²) in [5, 5.41) is 22.3. The number of rotatable bonds is 5. The SMILES string of the molecule is COc1ncc(F)c(-c2ccc(-c3ncc(N(C)[C@@H]4C[C@H]5CCC[C@@H](N5)[C@@H]4F)nn3)c(O)c2)n1. The molecule has 0 aliphatic carbocycles. The largest absolute Gasteiger partial charge is 0.507 e. The van der Waals surface area contributed by atoms with E-state index in [4.69, 9.17) is 4.74 Å². The maximum Gasteiger partial charge on any atom is 0.316 e.